The van der Waals surface area contributed by atoms with E-state index in [4.69, 9.17) is 0 Å². The highest BCUT2D eigenvalue weighted by atomic mass is 16.2. The van der Waals surface area contributed by atoms with E-state index in [1.165, 1.54) is 6.92 Å². The average molecular weight is 374 g/mol. The lowest BCUT2D eigenvalue weighted by Crippen LogP contribution is -2.25. The predicted octanol–water partition coefficient (Wildman–Crippen LogP) is 3.96. The number of amides is 1. The van der Waals surface area contributed by atoms with Crippen molar-refractivity contribution < 1.29 is 9.59 Å². The zero-order chi connectivity index (χ0) is 19.9. The fourth-order valence-electron chi connectivity index (χ4n) is 2.77. The van der Waals surface area contributed by atoms with Crippen molar-refractivity contribution in [3.05, 3.63) is 83.7 Å². The molecule has 0 aliphatic rings. The Hall–Kier alpha value is -3.54. The maximum absolute atomic E-state index is 12.6. The molecule has 0 atom stereocenters. The SMILES string of the molecule is CCN(Cc1ccccc1)c1nccc(C(=O)Nc2cccc(C(C)=O)c2)n1. The Balaban J connectivity index is 1.77. The van der Waals surface area contributed by atoms with Gasteiger partial charge in [-0.15, -0.1) is 0 Å². The molecular weight excluding hydrogens is 352 g/mol. The Labute approximate surface area is 164 Å². The van der Waals surface area contributed by atoms with Gasteiger partial charge in [0.1, 0.15) is 5.69 Å². The first-order valence-electron chi connectivity index (χ1n) is 9.11. The van der Waals surface area contributed by atoms with Crippen LogP contribution in [0.3, 0.4) is 0 Å². The minimum Gasteiger partial charge on any atom is -0.337 e. The summed E-state index contributed by atoms with van der Waals surface area (Å²) < 4.78 is 0. The number of anilines is 2. The lowest BCUT2D eigenvalue weighted by Gasteiger charge is -2.21. The molecule has 142 valence electrons. The molecule has 0 saturated carbocycles. The average Bonchev–Trinajstić information content (AvgIpc) is 2.73. The highest BCUT2D eigenvalue weighted by Crippen LogP contribution is 2.15. The zero-order valence-electron chi connectivity index (χ0n) is 15.9. The van der Waals surface area contributed by atoms with Gasteiger partial charge in [0.25, 0.3) is 5.91 Å². The first-order chi connectivity index (χ1) is 13.6. The van der Waals surface area contributed by atoms with Gasteiger partial charge in [-0.05, 0) is 37.6 Å². The molecule has 6 heteroatoms. The first kappa shape index (κ1) is 19.2. The molecule has 0 bridgehead atoms. The Kier molecular flexibility index (Phi) is 6.11. The van der Waals surface area contributed by atoms with E-state index in [0.717, 1.165) is 5.56 Å². The van der Waals surface area contributed by atoms with E-state index in [9.17, 15) is 9.59 Å². The van der Waals surface area contributed by atoms with Gasteiger partial charge in [0.2, 0.25) is 5.95 Å². The second-order valence-electron chi connectivity index (χ2n) is 6.33. The van der Waals surface area contributed by atoms with Crippen LogP contribution in [0.5, 0.6) is 0 Å². The summed E-state index contributed by atoms with van der Waals surface area (Å²) in [6, 6.07) is 18.4. The normalized spacial score (nSPS) is 10.4. The number of Topliss-reactive ketones (excluding diaryl/α,β-unsaturated/α-hetero) is 1. The molecule has 0 aliphatic carbocycles. The lowest BCUT2D eigenvalue weighted by atomic mass is 10.1. The summed E-state index contributed by atoms with van der Waals surface area (Å²) in [6.07, 6.45) is 1.58. The summed E-state index contributed by atoms with van der Waals surface area (Å²) in [4.78, 5) is 34.9. The quantitative estimate of drug-likeness (QED) is 0.634. The molecule has 0 saturated heterocycles. The summed E-state index contributed by atoms with van der Waals surface area (Å²) in [7, 11) is 0. The number of aromatic nitrogens is 2. The molecule has 1 aromatic heterocycles. The van der Waals surface area contributed by atoms with Crippen LogP contribution < -0.4 is 10.2 Å². The molecule has 6 nitrogen and oxygen atoms in total. The van der Waals surface area contributed by atoms with Gasteiger partial charge in [-0.3, -0.25) is 9.59 Å². The molecule has 0 aliphatic heterocycles. The lowest BCUT2D eigenvalue weighted by molar-refractivity contribution is 0.100. The van der Waals surface area contributed by atoms with Crippen molar-refractivity contribution in [2.75, 3.05) is 16.8 Å². The van der Waals surface area contributed by atoms with Gasteiger partial charge in [0.15, 0.2) is 5.78 Å². The summed E-state index contributed by atoms with van der Waals surface area (Å²) in [6.45, 7) is 4.87. The fraction of sp³-hybridized carbons (Fsp3) is 0.182. The molecule has 0 spiro atoms. The van der Waals surface area contributed by atoms with Crippen LogP contribution in [0.15, 0.2) is 66.9 Å². The van der Waals surface area contributed by atoms with Crippen molar-refractivity contribution in [1.29, 1.82) is 0 Å². The van der Waals surface area contributed by atoms with Crippen molar-refractivity contribution in [2.24, 2.45) is 0 Å². The number of hydrogen-bond acceptors (Lipinski definition) is 5. The van der Waals surface area contributed by atoms with Gasteiger partial charge < -0.3 is 10.2 Å². The van der Waals surface area contributed by atoms with Crippen molar-refractivity contribution in [2.45, 2.75) is 20.4 Å². The maximum atomic E-state index is 12.6. The van der Waals surface area contributed by atoms with Gasteiger partial charge in [-0.1, -0.05) is 42.5 Å². The molecule has 28 heavy (non-hydrogen) atoms. The second kappa shape index (κ2) is 8.90. The summed E-state index contributed by atoms with van der Waals surface area (Å²) in [5, 5.41) is 2.79. The molecular formula is C22H22N4O2. The third-order valence-electron chi connectivity index (χ3n) is 4.28. The third kappa shape index (κ3) is 4.79. The van der Waals surface area contributed by atoms with Gasteiger partial charge in [-0.25, -0.2) is 9.97 Å². The molecule has 3 aromatic rings. The van der Waals surface area contributed by atoms with E-state index in [1.54, 1.807) is 36.5 Å². The second-order valence-corrected chi connectivity index (χ2v) is 6.33. The molecule has 3 rings (SSSR count). The Morgan fingerprint density at radius 3 is 2.54 bits per heavy atom. The Morgan fingerprint density at radius 2 is 1.82 bits per heavy atom. The van der Waals surface area contributed by atoms with E-state index in [2.05, 4.69) is 15.3 Å². The van der Waals surface area contributed by atoms with Crippen molar-refractivity contribution in [3.63, 3.8) is 0 Å². The van der Waals surface area contributed by atoms with E-state index >= 15 is 0 Å². The summed E-state index contributed by atoms with van der Waals surface area (Å²) in [5.41, 5.74) is 2.50. The van der Waals surface area contributed by atoms with Gasteiger partial charge in [0, 0.05) is 30.5 Å². The number of nitrogens with one attached hydrogen (secondary N) is 1. The zero-order valence-corrected chi connectivity index (χ0v) is 15.9. The topological polar surface area (TPSA) is 75.2 Å². The van der Waals surface area contributed by atoms with Crippen LogP contribution in [-0.4, -0.2) is 28.2 Å². The van der Waals surface area contributed by atoms with Gasteiger partial charge in [-0.2, -0.15) is 0 Å². The standard InChI is InChI=1S/C22H22N4O2/c1-3-26(15-17-8-5-4-6-9-17)22-23-13-12-20(25-22)21(28)24-19-11-7-10-18(14-19)16(2)27/h4-14H,3,15H2,1-2H3,(H,24,28). The number of hydrogen-bond donors (Lipinski definition) is 1. The fourth-order valence-corrected chi connectivity index (χ4v) is 2.77. The van der Waals surface area contributed by atoms with Crippen LogP contribution in [0.4, 0.5) is 11.6 Å². The minimum atomic E-state index is -0.347. The van der Waals surface area contributed by atoms with E-state index in [-0.39, 0.29) is 17.4 Å². The number of nitrogens with zero attached hydrogens (tertiary/aromatic N) is 3. The Bertz CT molecular complexity index is 973. The van der Waals surface area contributed by atoms with Crippen LogP contribution in [0.1, 0.15) is 40.3 Å². The van der Waals surface area contributed by atoms with Crippen LogP contribution in [0.25, 0.3) is 0 Å². The minimum absolute atomic E-state index is 0.0556. The molecule has 0 unspecified atom stereocenters. The van der Waals surface area contributed by atoms with Gasteiger partial charge in [0.05, 0.1) is 0 Å². The number of carbonyl (C=O) groups excluding carboxylic acids is 2. The van der Waals surface area contributed by atoms with Crippen LogP contribution in [0, 0.1) is 0 Å². The summed E-state index contributed by atoms with van der Waals surface area (Å²) >= 11 is 0. The number of carbonyl (C=O) groups is 2. The summed E-state index contributed by atoms with van der Waals surface area (Å²) in [5.74, 6) is 0.0940. The molecule has 0 radical (unpaired) electrons. The van der Waals surface area contributed by atoms with E-state index in [0.29, 0.717) is 30.3 Å². The van der Waals surface area contributed by atoms with Crippen LogP contribution in [0.2, 0.25) is 0 Å². The highest BCUT2D eigenvalue weighted by Gasteiger charge is 2.14. The first-order valence-corrected chi connectivity index (χ1v) is 9.11. The van der Waals surface area contributed by atoms with Crippen molar-refractivity contribution in [3.8, 4) is 0 Å². The van der Waals surface area contributed by atoms with Crippen molar-refractivity contribution in [1.82, 2.24) is 9.97 Å². The molecule has 0 fully saturated rings. The van der Waals surface area contributed by atoms with Crippen molar-refractivity contribution >= 4 is 23.3 Å². The van der Waals surface area contributed by atoms with E-state index < -0.39 is 0 Å². The smallest absolute Gasteiger partial charge is 0.274 e. The molecule has 1 amide bonds. The highest BCUT2D eigenvalue weighted by molar-refractivity contribution is 6.04. The number of rotatable bonds is 7. The van der Waals surface area contributed by atoms with E-state index in [1.807, 2.05) is 42.2 Å². The molecule has 1 N–H and O–H groups in total. The maximum Gasteiger partial charge on any atom is 0.274 e. The monoisotopic (exact) mass is 374 g/mol. The Morgan fingerprint density at radius 1 is 1.04 bits per heavy atom. The molecule has 1 heterocycles. The van der Waals surface area contributed by atoms with Crippen LogP contribution in [-0.2, 0) is 6.54 Å². The molecule has 2 aromatic carbocycles. The number of ketones is 1. The van der Waals surface area contributed by atoms with Gasteiger partial charge >= 0.3 is 0 Å². The third-order valence-corrected chi connectivity index (χ3v) is 4.28. The number of benzene rings is 2. The largest absolute Gasteiger partial charge is 0.337 e. The predicted molar refractivity (Wildman–Crippen MR) is 110 cm³/mol. The van der Waals surface area contributed by atoms with Crippen LogP contribution >= 0.6 is 0 Å².